The van der Waals surface area contributed by atoms with Crippen LogP contribution >= 0.6 is 0 Å². The van der Waals surface area contributed by atoms with E-state index in [1.54, 1.807) is 0 Å². The Balaban J connectivity index is 1.77. The van der Waals surface area contributed by atoms with Crippen LogP contribution < -0.4 is 14.8 Å². The van der Waals surface area contributed by atoms with Gasteiger partial charge in [-0.2, -0.15) is 0 Å². The van der Waals surface area contributed by atoms with E-state index in [1.165, 1.54) is 25.9 Å². The second kappa shape index (κ2) is 6.56. The van der Waals surface area contributed by atoms with E-state index in [-0.39, 0.29) is 0 Å². The van der Waals surface area contributed by atoms with Crippen LogP contribution in [0.3, 0.4) is 0 Å². The molecule has 0 radical (unpaired) electrons. The van der Waals surface area contributed by atoms with Crippen LogP contribution in [0.5, 0.6) is 11.5 Å². The zero-order chi connectivity index (χ0) is 14.7. The Kier molecular flexibility index (Phi) is 4.54. The number of benzene rings is 1. The minimum absolute atomic E-state index is 0.531. The molecule has 0 amide bonds. The summed E-state index contributed by atoms with van der Waals surface area (Å²) >= 11 is 0. The van der Waals surface area contributed by atoms with Gasteiger partial charge in [0.2, 0.25) is 0 Å². The summed E-state index contributed by atoms with van der Waals surface area (Å²) in [5.74, 6) is 2.63. The van der Waals surface area contributed by atoms with E-state index in [4.69, 9.17) is 9.47 Å². The van der Waals surface area contributed by atoms with E-state index in [0.717, 1.165) is 29.6 Å². The molecule has 1 aromatic rings. The first-order valence-electron chi connectivity index (χ1n) is 8.18. The molecule has 4 nitrogen and oxygen atoms in total. The third kappa shape index (κ3) is 3.26. The van der Waals surface area contributed by atoms with Crippen LogP contribution in [0.4, 0.5) is 5.69 Å². The molecule has 21 heavy (non-hydrogen) atoms. The lowest BCUT2D eigenvalue weighted by atomic mass is 9.84. The van der Waals surface area contributed by atoms with Gasteiger partial charge in [0.15, 0.2) is 0 Å². The highest BCUT2D eigenvalue weighted by atomic mass is 16.5. The number of nitrogens with zero attached hydrogens (tertiary/aromatic N) is 1. The molecular formula is C17H26N2O2. The summed E-state index contributed by atoms with van der Waals surface area (Å²) in [6.07, 6.45) is 2.62. The Morgan fingerprint density at radius 3 is 2.52 bits per heavy atom. The summed E-state index contributed by atoms with van der Waals surface area (Å²) in [5.41, 5.74) is 1.07. The Labute approximate surface area is 127 Å². The zero-order valence-electron chi connectivity index (χ0n) is 13.1. The number of hydrogen-bond donors (Lipinski definition) is 1. The monoisotopic (exact) mass is 290 g/mol. The van der Waals surface area contributed by atoms with Gasteiger partial charge in [0.05, 0.1) is 18.9 Å². The molecule has 3 saturated heterocycles. The lowest BCUT2D eigenvalue weighted by Crippen LogP contribution is -2.53. The molecule has 1 aromatic carbocycles. The Bertz CT molecular complexity index is 470. The average Bonchev–Trinajstić information content (AvgIpc) is 2.51. The van der Waals surface area contributed by atoms with Gasteiger partial charge in [-0.05, 0) is 57.8 Å². The van der Waals surface area contributed by atoms with E-state index >= 15 is 0 Å². The van der Waals surface area contributed by atoms with Crippen molar-refractivity contribution in [3.63, 3.8) is 0 Å². The van der Waals surface area contributed by atoms with Crippen molar-refractivity contribution in [3.8, 4) is 11.5 Å². The van der Waals surface area contributed by atoms with E-state index < -0.39 is 0 Å². The van der Waals surface area contributed by atoms with Crippen LogP contribution in [0.15, 0.2) is 18.2 Å². The fraction of sp³-hybridized carbons (Fsp3) is 0.647. The van der Waals surface area contributed by atoms with Crippen molar-refractivity contribution >= 4 is 5.69 Å². The molecule has 1 atom stereocenters. The van der Waals surface area contributed by atoms with Crippen LogP contribution in [-0.4, -0.2) is 43.8 Å². The molecule has 3 aliphatic rings. The standard InChI is InChI=1S/C17H26N2O2/c1-3-20-14-5-6-17(21-4-2)15(11-14)18-16-12-19-9-7-13(16)8-10-19/h5-6,11,13,16,18H,3-4,7-10,12H2,1-2H3. The lowest BCUT2D eigenvalue weighted by Gasteiger charge is -2.45. The number of anilines is 1. The Morgan fingerprint density at radius 1 is 1.14 bits per heavy atom. The molecule has 3 fully saturated rings. The number of nitrogens with one attached hydrogen (secondary N) is 1. The van der Waals surface area contributed by atoms with E-state index in [0.29, 0.717) is 19.3 Å². The second-order valence-electron chi connectivity index (χ2n) is 5.91. The Hall–Kier alpha value is -1.42. The predicted octanol–water partition coefficient (Wildman–Crippen LogP) is 2.99. The second-order valence-corrected chi connectivity index (χ2v) is 5.91. The van der Waals surface area contributed by atoms with Crippen LogP contribution in [0, 0.1) is 5.92 Å². The molecule has 1 N–H and O–H groups in total. The first-order chi connectivity index (χ1) is 10.3. The molecule has 3 heterocycles. The van der Waals surface area contributed by atoms with Gasteiger partial charge in [0.25, 0.3) is 0 Å². The van der Waals surface area contributed by atoms with E-state index in [2.05, 4.69) is 16.3 Å². The van der Waals surface area contributed by atoms with Crippen molar-refractivity contribution in [2.75, 3.05) is 38.2 Å². The van der Waals surface area contributed by atoms with Crippen molar-refractivity contribution in [2.45, 2.75) is 32.7 Å². The topological polar surface area (TPSA) is 33.7 Å². The summed E-state index contributed by atoms with van der Waals surface area (Å²) in [4.78, 5) is 2.56. The molecule has 3 aliphatic heterocycles. The maximum Gasteiger partial charge on any atom is 0.142 e. The quantitative estimate of drug-likeness (QED) is 0.873. The maximum absolute atomic E-state index is 5.76. The first kappa shape index (κ1) is 14.5. The number of fused-ring (bicyclic) bond motifs is 3. The van der Waals surface area contributed by atoms with Crippen molar-refractivity contribution in [1.82, 2.24) is 4.90 Å². The highest BCUT2D eigenvalue weighted by Gasteiger charge is 2.34. The summed E-state index contributed by atoms with van der Waals surface area (Å²) in [6, 6.07) is 6.60. The molecule has 0 spiro atoms. The van der Waals surface area contributed by atoms with Gasteiger partial charge in [-0.15, -0.1) is 0 Å². The van der Waals surface area contributed by atoms with Crippen molar-refractivity contribution in [2.24, 2.45) is 5.92 Å². The fourth-order valence-electron chi connectivity index (χ4n) is 3.49. The average molecular weight is 290 g/mol. The number of rotatable bonds is 6. The van der Waals surface area contributed by atoms with Gasteiger partial charge < -0.3 is 19.7 Å². The van der Waals surface area contributed by atoms with Crippen LogP contribution in [0.25, 0.3) is 0 Å². The number of piperidine rings is 3. The molecule has 0 saturated carbocycles. The predicted molar refractivity (Wildman–Crippen MR) is 85.4 cm³/mol. The molecule has 4 heteroatoms. The molecular weight excluding hydrogens is 264 g/mol. The highest BCUT2D eigenvalue weighted by Crippen LogP contribution is 2.34. The van der Waals surface area contributed by atoms with Gasteiger partial charge >= 0.3 is 0 Å². The number of hydrogen-bond acceptors (Lipinski definition) is 4. The summed E-state index contributed by atoms with van der Waals surface area (Å²) in [7, 11) is 0. The van der Waals surface area contributed by atoms with Crippen LogP contribution in [-0.2, 0) is 0 Å². The van der Waals surface area contributed by atoms with Crippen molar-refractivity contribution in [1.29, 1.82) is 0 Å². The summed E-state index contributed by atoms with van der Waals surface area (Å²) < 4.78 is 11.4. The SMILES string of the molecule is CCOc1ccc(OCC)c(NC2CN3CCC2CC3)c1. The Morgan fingerprint density at radius 2 is 1.90 bits per heavy atom. The molecule has 0 aliphatic carbocycles. The molecule has 0 aromatic heterocycles. The van der Waals surface area contributed by atoms with Crippen LogP contribution in [0.1, 0.15) is 26.7 Å². The largest absolute Gasteiger partial charge is 0.494 e. The van der Waals surface area contributed by atoms with E-state index in [9.17, 15) is 0 Å². The third-order valence-electron chi connectivity index (χ3n) is 4.56. The summed E-state index contributed by atoms with van der Waals surface area (Å²) in [6.45, 7) is 9.08. The van der Waals surface area contributed by atoms with Crippen molar-refractivity contribution < 1.29 is 9.47 Å². The fourth-order valence-corrected chi connectivity index (χ4v) is 3.49. The lowest BCUT2D eigenvalue weighted by molar-refractivity contribution is 0.0974. The summed E-state index contributed by atoms with van der Waals surface area (Å²) in [5, 5.41) is 3.72. The third-order valence-corrected chi connectivity index (χ3v) is 4.56. The van der Waals surface area contributed by atoms with Gasteiger partial charge in [0, 0.05) is 18.7 Å². The molecule has 1 unspecified atom stereocenters. The van der Waals surface area contributed by atoms with Gasteiger partial charge in [-0.25, -0.2) is 0 Å². The molecule has 4 rings (SSSR count). The maximum atomic E-state index is 5.76. The smallest absolute Gasteiger partial charge is 0.142 e. The minimum Gasteiger partial charge on any atom is -0.494 e. The first-order valence-corrected chi connectivity index (χ1v) is 8.18. The van der Waals surface area contributed by atoms with Gasteiger partial charge in [-0.3, -0.25) is 0 Å². The highest BCUT2D eigenvalue weighted by molar-refractivity contribution is 5.60. The van der Waals surface area contributed by atoms with Crippen molar-refractivity contribution in [3.05, 3.63) is 18.2 Å². The normalized spacial score (nSPS) is 27.4. The minimum atomic E-state index is 0.531. The van der Waals surface area contributed by atoms with E-state index in [1.807, 2.05) is 26.0 Å². The number of ether oxygens (including phenoxy) is 2. The van der Waals surface area contributed by atoms with Gasteiger partial charge in [0.1, 0.15) is 11.5 Å². The molecule has 2 bridgehead atoms. The molecule has 116 valence electrons. The van der Waals surface area contributed by atoms with Crippen LogP contribution in [0.2, 0.25) is 0 Å². The zero-order valence-corrected chi connectivity index (χ0v) is 13.1. The van der Waals surface area contributed by atoms with Gasteiger partial charge in [-0.1, -0.05) is 0 Å².